The number of methoxy groups -OCH3 is 1. The van der Waals surface area contributed by atoms with Gasteiger partial charge in [0.1, 0.15) is 5.75 Å². The highest BCUT2D eigenvalue weighted by Crippen LogP contribution is 2.31. The van der Waals surface area contributed by atoms with Crippen molar-refractivity contribution in [3.63, 3.8) is 0 Å². The van der Waals surface area contributed by atoms with Gasteiger partial charge in [-0.25, -0.2) is 9.79 Å². The van der Waals surface area contributed by atoms with E-state index in [9.17, 15) is 14.4 Å². The summed E-state index contributed by atoms with van der Waals surface area (Å²) in [5, 5.41) is 0.601. The number of carbonyl (C=O) groups excluding carboxylic acids is 2. The van der Waals surface area contributed by atoms with Gasteiger partial charge in [0.15, 0.2) is 4.80 Å². The smallest absolute Gasteiger partial charge is 0.338 e. The fourth-order valence-corrected chi connectivity index (χ4v) is 4.78. The van der Waals surface area contributed by atoms with Crippen molar-refractivity contribution < 1.29 is 19.1 Å². The lowest BCUT2D eigenvalue weighted by molar-refractivity contribution is -0.136. The predicted octanol–water partition coefficient (Wildman–Crippen LogP) is 2.99. The summed E-state index contributed by atoms with van der Waals surface area (Å²) in [7, 11) is 1.29. The van der Waals surface area contributed by atoms with Crippen LogP contribution in [0.15, 0.2) is 69.6 Å². The monoisotopic (exact) mass is 482 g/mol. The Morgan fingerprint density at radius 2 is 1.79 bits per heavy atom. The number of halogens is 1. The number of esters is 2. The zero-order valence-corrected chi connectivity index (χ0v) is 19.6. The van der Waals surface area contributed by atoms with Crippen molar-refractivity contribution in [2.75, 3.05) is 7.11 Å². The summed E-state index contributed by atoms with van der Waals surface area (Å²) < 4.78 is 12.1. The molecule has 1 aliphatic rings. The molecule has 0 unspecified atom stereocenters. The molecule has 0 aliphatic carbocycles. The largest absolute Gasteiger partial charge is 0.466 e. The van der Waals surface area contributed by atoms with E-state index >= 15 is 0 Å². The Morgan fingerprint density at radius 3 is 2.39 bits per heavy atom. The van der Waals surface area contributed by atoms with Crippen LogP contribution in [0.25, 0.3) is 6.08 Å². The molecule has 2 aromatic carbocycles. The number of hydrogen-bond donors (Lipinski definition) is 0. The minimum absolute atomic E-state index is 0.267. The minimum Gasteiger partial charge on any atom is -0.466 e. The molecule has 0 N–H and O–H groups in total. The molecule has 1 aromatic heterocycles. The van der Waals surface area contributed by atoms with Crippen LogP contribution in [0.1, 0.15) is 31.0 Å². The van der Waals surface area contributed by atoms with Crippen LogP contribution in [0.2, 0.25) is 5.02 Å². The Labute approximate surface area is 197 Å². The maximum absolute atomic E-state index is 13.5. The van der Waals surface area contributed by atoms with Crippen molar-refractivity contribution in [1.29, 1.82) is 0 Å². The zero-order chi connectivity index (χ0) is 23.7. The van der Waals surface area contributed by atoms with Crippen molar-refractivity contribution >= 4 is 41.0 Å². The fourth-order valence-electron chi connectivity index (χ4n) is 3.60. The van der Waals surface area contributed by atoms with E-state index in [0.29, 0.717) is 31.4 Å². The lowest BCUT2D eigenvalue weighted by Crippen LogP contribution is -2.39. The molecule has 33 heavy (non-hydrogen) atoms. The van der Waals surface area contributed by atoms with Gasteiger partial charge in [-0.2, -0.15) is 0 Å². The number of carbonyl (C=O) groups is 2. The molecule has 7 nitrogen and oxygen atoms in total. The molecule has 0 radical (unpaired) electrons. The third-order valence-electron chi connectivity index (χ3n) is 5.05. The average molecular weight is 483 g/mol. The number of benzene rings is 2. The highest BCUT2D eigenvalue weighted by molar-refractivity contribution is 7.07. The van der Waals surface area contributed by atoms with Gasteiger partial charge in [0, 0.05) is 11.9 Å². The van der Waals surface area contributed by atoms with Crippen LogP contribution in [0, 0.1) is 0 Å². The Bertz CT molecular complexity index is 1450. The summed E-state index contributed by atoms with van der Waals surface area (Å²) >= 11 is 7.20. The Morgan fingerprint density at radius 1 is 1.12 bits per heavy atom. The topological polar surface area (TPSA) is 87.0 Å². The van der Waals surface area contributed by atoms with Gasteiger partial charge in [-0.3, -0.25) is 14.2 Å². The maximum atomic E-state index is 13.5. The summed E-state index contributed by atoms with van der Waals surface area (Å²) in [4.78, 5) is 42.4. The molecule has 0 saturated heterocycles. The van der Waals surface area contributed by atoms with Gasteiger partial charge < -0.3 is 9.47 Å². The van der Waals surface area contributed by atoms with Crippen molar-refractivity contribution in [3.8, 4) is 5.75 Å². The quantitative estimate of drug-likeness (QED) is 0.421. The summed E-state index contributed by atoms with van der Waals surface area (Å²) in [6.07, 6.45) is 1.76. The van der Waals surface area contributed by atoms with Crippen molar-refractivity contribution in [1.82, 2.24) is 4.57 Å². The van der Waals surface area contributed by atoms with Gasteiger partial charge in [-0.15, -0.1) is 0 Å². The zero-order valence-electron chi connectivity index (χ0n) is 18.0. The molecular formula is C24H19ClN2O5S. The van der Waals surface area contributed by atoms with E-state index in [1.165, 1.54) is 29.9 Å². The number of thiazole rings is 1. The van der Waals surface area contributed by atoms with Crippen LogP contribution in [-0.2, 0) is 14.3 Å². The lowest BCUT2D eigenvalue weighted by atomic mass is 9.96. The van der Waals surface area contributed by atoms with Crippen LogP contribution in [0.4, 0.5) is 0 Å². The molecule has 0 amide bonds. The number of allylic oxidation sites excluding steroid dienone is 1. The predicted molar refractivity (Wildman–Crippen MR) is 125 cm³/mol. The fraction of sp³-hybridized carbons (Fsp3) is 0.167. The van der Waals surface area contributed by atoms with E-state index in [2.05, 4.69) is 4.99 Å². The molecule has 1 aliphatic heterocycles. The number of ether oxygens (including phenoxy) is 2. The minimum atomic E-state index is -0.743. The standard InChI is InChI=1S/C24H19ClN2O5S/c1-13-20(23(30)31-3)21(16-6-10-18(11-7-16)32-14(2)28)27-22(29)19(33-24(27)26-13)12-15-4-8-17(25)9-5-15/h4-12,21H,1-3H3/b19-12-/t21-/m0/s1. The Balaban J connectivity index is 1.90. The molecule has 0 spiro atoms. The van der Waals surface area contributed by atoms with Crippen LogP contribution < -0.4 is 19.6 Å². The first-order valence-corrected chi connectivity index (χ1v) is 11.1. The number of nitrogens with zero attached hydrogens (tertiary/aromatic N) is 2. The highest BCUT2D eigenvalue weighted by Gasteiger charge is 2.33. The van der Waals surface area contributed by atoms with Gasteiger partial charge in [-0.05, 0) is 48.4 Å². The van der Waals surface area contributed by atoms with Crippen molar-refractivity contribution in [3.05, 3.63) is 95.6 Å². The molecule has 9 heteroatoms. The number of aromatic nitrogens is 1. The van der Waals surface area contributed by atoms with Crippen molar-refractivity contribution in [2.45, 2.75) is 19.9 Å². The van der Waals surface area contributed by atoms with Gasteiger partial charge in [0.2, 0.25) is 0 Å². The molecule has 0 fully saturated rings. The van der Waals surface area contributed by atoms with Crippen LogP contribution >= 0.6 is 22.9 Å². The Kier molecular flexibility index (Phi) is 6.31. The first kappa shape index (κ1) is 22.7. The summed E-state index contributed by atoms with van der Waals surface area (Å²) in [6.45, 7) is 3.02. The van der Waals surface area contributed by atoms with Gasteiger partial charge in [0.25, 0.3) is 5.56 Å². The van der Waals surface area contributed by atoms with Gasteiger partial charge >= 0.3 is 11.9 Å². The Hall–Kier alpha value is -3.49. The summed E-state index contributed by atoms with van der Waals surface area (Å²) in [6, 6.07) is 13.0. The number of hydrogen-bond acceptors (Lipinski definition) is 7. The van der Waals surface area contributed by atoms with Gasteiger partial charge in [0.05, 0.1) is 29.0 Å². The van der Waals surface area contributed by atoms with E-state index in [-0.39, 0.29) is 11.1 Å². The van der Waals surface area contributed by atoms with Crippen LogP contribution in [0.5, 0.6) is 5.75 Å². The van der Waals surface area contributed by atoms with Crippen molar-refractivity contribution in [2.24, 2.45) is 4.99 Å². The SMILES string of the molecule is COC(=O)C1=C(C)N=c2s/c(=C\c3ccc(Cl)cc3)c(=O)n2[C@H]1c1ccc(OC(C)=O)cc1. The third kappa shape index (κ3) is 4.53. The van der Waals surface area contributed by atoms with Crippen LogP contribution in [0.3, 0.4) is 0 Å². The van der Waals surface area contributed by atoms with E-state index in [1.807, 2.05) is 12.1 Å². The summed E-state index contributed by atoms with van der Waals surface area (Å²) in [5.74, 6) is -0.650. The van der Waals surface area contributed by atoms with E-state index in [0.717, 1.165) is 5.56 Å². The molecule has 1 atom stereocenters. The van der Waals surface area contributed by atoms with E-state index < -0.39 is 18.0 Å². The first-order valence-electron chi connectivity index (χ1n) is 9.93. The van der Waals surface area contributed by atoms with Crippen LogP contribution in [-0.4, -0.2) is 23.6 Å². The molecule has 2 heterocycles. The average Bonchev–Trinajstić information content (AvgIpc) is 3.08. The molecule has 4 rings (SSSR count). The number of rotatable bonds is 4. The van der Waals surface area contributed by atoms with E-state index in [4.69, 9.17) is 21.1 Å². The summed E-state index contributed by atoms with van der Waals surface area (Å²) in [5.41, 5.74) is 1.92. The maximum Gasteiger partial charge on any atom is 0.338 e. The van der Waals surface area contributed by atoms with Gasteiger partial charge in [-0.1, -0.05) is 47.2 Å². The molecule has 0 bridgehead atoms. The first-order chi connectivity index (χ1) is 15.8. The molecule has 0 saturated carbocycles. The van der Waals surface area contributed by atoms with E-state index in [1.54, 1.807) is 49.4 Å². The molecular weight excluding hydrogens is 464 g/mol. The molecule has 3 aromatic rings. The second kappa shape index (κ2) is 9.17. The normalized spacial score (nSPS) is 15.6. The second-order valence-electron chi connectivity index (χ2n) is 7.29. The third-order valence-corrected chi connectivity index (χ3v) is 6.29. The highest BCUT2D eigenvalue weighted by atomic mass is 35.5. The molecule has 168 valence electrons. The second-order valence-corrected chi connectivity index (χ2v) is 8.73. The lowest BCUT2D eigenvalue weighted by Gasteiger charge is -2.24. The number of fused-ring (bicyclic) bond motifs is 1.